The Hall–Kier alpha value is -0.0800. The highest BCUT2D eigenvalue weighted by molar-refractivity contribution is 4.66. The maximum absolute atomic E-state index is 5.44. The van der Waals surface area contributed by atoms with Crippen LogP contribution in [0.15, 0.2) is 0 Å². The second-order valence-corrected chi connectivity index (χ2v) is 3.80. The van der Waals surface area contributed by atoms with Crippen molar-refractivity contribution in [2.24, 2.45) is 0 Å². The molecule has 1 atom stereocenters. The fraction of sp³-hybridized carbons (Fsp3) is 1.00. The molecule has 0 aromatic heterocycles. The Morgan fingerprint density at radius 2 is 1.85 bits per heavy atom. The molecule has 1 fully saturated rings. The zero-order valence-electron chi connectivity index (χ0n) is 8.76. The Morgan fingerprint density at radius 1 is 1.15 bits per heavy atom. The Balaban J connectivity index is 1.63. The maximum atomic E-state index is 5.44. The number of unbranched alkanes of at least 4 members (excludes halogenated alkanes) is 5. The highest BCUT2D eigenvalue weighted by atomic mass is 16.6. The van der Waals surface area contributed by atoms with Crippen LogP contribution in [0.4, 0.5) is 0 Å². The molecule has 0 unspecified atom stereocenters. The van der Waals surface area contributed by atoms with E-state index < -0.39 is 0 Å². The highest BCUT2D eigenvalue weighted by Gasteiger charge is 2.21. The van der Waals surface area contributed by atoms with E-state index in [4.69, 9.17) is 9.47 Å². The van der Waals surface area contributed by atoms with E-state index in [1.807, 2.05) is 0 Å². The van der Waals surface area contributed by atoms with Crippen molar-refractivity contribution in [1.29, 1.82) is 0 Å². The highest BCUT2D eigenvalue weighted by Crippen LogP contribution is 2.09. The Labute approximate surface area is 81.6 Å². The average Bonchev–Trinajstić information content (AvgIpc) is 2.93. The molecule has 2 nitrogen and oxygen atoms in total. The van der Waals surface area contributed by atoms with E-state index in [0.717, 1.165) is 19.8 Å². The van der Waals surface area contributed by atoms with Gasteiger partial charge in [-0.05, 0) is 6.42 Å². The molecule has 0 aliphatic carbocycles. The molecule has 1 heterocycles. The third-order valence-corrected chi connectivity index (χ3v) is 2.35. The van der Waals surface area contributed by atoms with Crippen molar-refractivity contribution in [1.82, 2.24) is 0 Å². The molecule has 0 bridgehead atoms. The molecule has 0 saturated carbocycles. The van der Waals surface area contributed by atoms with Gasteiger partial charge in [-0.15, -0.1) is 0 Å². The molecule has 1 saturated heterocycles. The molecular formula is C11H22O2. The first-order valence-electron chi connectivity index (χ1n) is 5.63. The first-order valence-corrected chi connectivity index (χ1v) is 5.63. The van der Waals surface area contributed by atoms with Gasteiger partial charge in [0.05, 0.1) is 13.2 Å². The Kier molecular flexibility index (Phi) is 6.21. The van der Waals surface area contributed by atoms with E-state index in [2.05, 4.69) is 6.92 Å². The first-order chi connectivity index (χ1) is 6.43. The summed E-state index contributed by atoms with van der Waals surface area (Å²) >= 11 is 0. The molecule has 1 aliphatic heterocycles. The number of hydrogen-bond donors (Lipinski definition) is 0. The predicted molar refractivity (Wildman–Crippen MR) is 53.9 cm³/mol. The number of rotatable bonds is 9. The topological polar surface area (TPSA) is 21.8 Å². The van der Waals surface area contributed by atoms with Crippen LogP contribution in [0.5, 0.6) is 0 Å². The van der Waals surface area contributed by atoms with Crippen LogP contribution in [0, 0.1) is 0 Å². The van der Waals surface area contributed by atoms with Crippen molar-refractivity contribution < 1.29 is 9.47 Å². The summed E-state index contributed by atoms with van der Waals surface area (Å²) in [6, 6.07) is 0. The van der Waals surface area contributed by atoms with Gasteiger partial charge in [0.1, 0.15) is 6.10 Å². The quantitative estimate of drug-likeness (QED) is 0.408. The van der Waals surface area contributed by atoms with Gasteiger partial charge in [0.25, 0.3) is 0 Å². The molecular weight excluding hydrogens is 164 g/mol. The molecule has 0 N–H and O–H groups in total. The van der Waals surface area contributed by atoms with Gasteiger partial charge in [0.2, 0.25) is 0 Å². The number of hydrogen-bond acceptors (Lipinski definition) is 2. The minimum Gasteiger partial charge on any atom is -0.379 e. The third-order valence-electron chi connectivity index (χ3n) is 2.35. The zero-order valence-corrected chi connectivity index (χ0v) is 8.76. The van der Waals surface area contributed by atoms with Crippen LogP contribution in [0.2, 0.25) is 0 Å². The molecule has 2 heteroatoms. The van der Waals surface area contributed by atoms with Crippen LogP contribution < -0.4 is 0 Å². The fourth-order valence-electron chi connectivity index (χ4n) is 1.36. The van der Waals surface area contributed by atoms with E-state index in [1.165, 1.54) is 38.5 Å². The zero-order chi connectivity index (χ0) is 9.36. The minimum atomic E-state index is 0.431. The Morgan fingerprint density at radius 3 is 2.54 bits per heavy atom. The smallest absolute Gasteiger partial charge is 0.104 e. The molecule has 1 rings (SSSR count). The van der Waals surface area contributed by atoms with Crippen molar-refractivity contribution in [2.45, 2.75) is 51.6 Å². The summed E-state index contributed by atoms with van der Waals surface area (Å²) in [7, 11) is 0. The lowest BCUT2D eigenvalue weighted by molar-refractivity contribution is 0.113. The van der Waals surface area contributed by atoms with Crippen LogP contribution in [-0.2, 0) is 9.47 Å². The lowest BCUT2D eigenvalue weighted by atomic mass is 10.1. The third kappa shape index (κ3) is 7.03. The molecule has 0 aromatic carbocycles. The van der Waals surface area contributed by atoms with Crippen molar-refractivity contribution in [3.8, 4) is 0 Å². The van der Waals surface area contributed by atoms with Gasteiger partial charge < -0.3 is 9.47 Å². The number of ether oxygens (including phenoxy) is 2. The van der Waals surface area contributed by atoms with E-state index in [-0.39, 0.29) is 0 Å². The lowest BCUT2D eigenvalue weighted by Crippen LogP contribution is -2.02. The molecule has 13 heavy (non-hydrogen) atoms. The maximum Gasteiger partial charge on any atom is 0.104 e. The second-order valence-electron chi connectivity index (χ2n) is 3.80. The minimum absolute atomic E-state index is 0.431. The summed E-state index contributed by atoms with van der Waals surface area (Å²) in [6.07, 6.45) is 8.45. The molecule has 0 amide bonds. The molecule has 0 spiro atoms. The predicted octanol–water partition coefficient (Wildman–Crippen LogP) is 2.76. The lowest BCUT2D eigenvalue weighted by Gasteiger charge is -2.01. The van der Waals surface area contributed by atoms with Crippen LogP contribution in [0.1, 0.15) is 45.4 Å². The summed E-state index contributed by atoms with van der Waals surface area (Å²) in [6.45, 7) is 4.90. The second kappa shape index (κ2) is 7.34. The van der Waals surface area contributed by atoms with Crippen LogP contribution in [0.25, 0.3) is 0 Å². The van der Waals surface area contributed by atoms with Gasteiger partial charge in [-0.3, -0.25) is 0 Å². The largest absolute Gasteiger partial charge is 0.379 e. The monoisotopic (exact) mass is 186 g/mol. The van der Waals surface area contributed by atoms with Gasteiger partial charge in [0, 0.05) is 6.61 Å². The van der Waals surface area contributed by atoms with Gasteiger partial charge in [-0.2, -0.15) is 0 Å². The van der Waals surface area contributed by atoms with Crippen LogP contribution >= 0.6 is 0 Å². The van der Waals surface area contributed by atoms with E-state index in [9.17, 15) is 0 Å². The van der Waals surface area contributed by atoms with Gasteiger partial charge >= 0.3 is 0 Å². The van der Waals surface area contributed by atoms with Crippen molar-refractivity contribution >= 4 is 0 Å². The first kappa shape index (κ1) is 11.0. The summed E-state index contributed by atoms with van der Waals surface area (Å²) in [5, 5.41) is 0. The average molecular weight is 186 g/mol. The van der Waals surface area contributed by atoms with Crippen LogP contribution in [-0.4, -0.2) is 25.9 Å². The van der Waals surface area contributed by atoms with Crippen molar-refractivity contribution in [3.05, 3.63) is 0 Å². The van der Waals surface area contributed by atoms with Gasteiger partial charge in [-0.25, -0.2) is 0 Å². The number of epoxide rings is 1. The van der Waals surface area contributed by atoms with Gasteiger partial charge in [-0.1, -0.05) is 39.0 Å². The SMILES string of the molecule is CCCCCCCCOC[C@@H]1CO1. The molecule has 78 valence electrons. The van der Waals surface area contributed by atoms with E-state index >= 15 is 0 Å². The summed E-state index contributed by atoms with van der Waals surface area (Å²) in [5.74, 6) is 0. The van der Waals surface area contributed by atoms with Gasteiger partial charge in [0.15, 0.2) is 0 Å². The van der Waals surface area contributed by atoms with E-state index in [1.54, 1.807) is 0 Å². The Bertz CT molecular complexity index is 111. The van der Waals surface area contributed by atoms with E-state index in [0.29, 0.717) is 6.10 Å². The van der Waals surface area contributed by atoms with Crippen molar-refractivity contribution in [2.75, 3.05) is 19.8 Å². The van der Waals surface area contributed by atoms with Crippen molar-refractivity contribution in [3.63, 3.8) is 0 Å². The van der Waals surface area contributed by atoms with Crippen LogP contribution in [0.3, 0.4) is 0 Å². The molecule has 0 radical (unpaired) electrons. The standard InChI is InChI=1S/C11H22O2/c1-2-3-4-5-6-7-8-12-9-11-10-13-11/h11H,2-10H2,1H3/t11-/m1/s1. The normalized spacial score (nSPS) is 20.5. The molecule has 0 aromatic rings. The summed E-state index contributed by atoms with van der Waals surface area (Å²) in [4.78, 5) is 0. The molecule has 1 aliphatic rings. The summed E-state index contributed by atoms with van der Waals surface area (Å²) < 4.78 is 10.5. The fourth-order valence-corrected chi connectivity index (χ4v) is 1.36. The summed E-state index contributed by atoms with van der Waals surface area (Å²) in [5.41, 5.74) is 0.